The fourth-order valence-electron chi connectivity index (χ4n) is 4.44. The minimum Gasteiger partial charge on any atom is -0.497 e. The summed E-state index contributed by atoms with van der Waals surface area (Å²) in [4.78, 5) is 22.4. The molecular formula is C27H27N3O4. The number of carbonyl (C=O) groups excluding carboxylic acids is 1. The summed E-state index contributed by atoms with van der Waals surface area (Å²) in [6, 6.07) is 20.8. The van der Waals surface area contributed by atoms with Crippen LogP contribution in [0, 0.1) is 0 Å². The Kier molecular flexibility index (Phi) is 5.84. The first kappa shape index (κ1) is 21.8. The number of benzene rings is 3. The predicted molar refractivity (Wildman–Crippen MR) is 131 cm³/mol. The average Bonchev–Trinajstić information content (AvgIpc) is 3.04. The molecule has 0 radical (unpaired) electrons. The van der Waals surface area contributed by atoms with E-state index in [1.165, 1.54) is 0 Å². The van der Waals surface area contributed by atoms with Gasteiger partial charge in [-0.1, -0.05) is 18.2 Å². The van der Waals surface area contributed by atoms with Gasteiger partial charge in [0, 0.05) is 31.2 Å². The summed E-state index contributed by atoms with van der Waals surface area (Å²) < 4.78 is 17.0. The third-order valence-electron chi connectivity index (χ3n) is 6.24. The second-order valence-corrected chi connectivity index (χ2v) is 8.39. The number of ether oxygens (including phenoxy) is 3. The molecule has 2 aliphatic rings. The number of piperazine rings is 1. The van der Waals surface area contributed by atoms with Crippen molar-refractivity contribution in [2.24, 2.45) is 4.99 Å². The lowest BCUT2D eigenvalue weighted by atomic mass is 10.1. The summed E-state index contributed by atoms with van der Waals surface area (Å²) in [5.41, 5.74) is 2.27. The van der Waals surface area contributed by atoms with Crippen molar-refractivity contribution < 1.29 is 19.0 Å². The maximum absolute atomic E-state index is 13.2. The van der Waals surface area contributed by atoms with Crippen LogP contribution < -0.4 is 14.2 Å². The van der Waals surface area contributed by atoms with Crippen LogP contribution in [-0.2, 0) is 0 Å². The lowest BCUT2D eigenvalue weighted by Crippen LogP contribution is -2.55. The van der Waals surface area contributed by atoms with Gasteiger partial charge in [0.15, 0.2) is 5.75 Å². The quantitative estimate of drug-likeness (QED) is 0.569. The summed E-state index contributed by atoms with van der Waals surface area (Å²) in [6.45, 7) is 3.95. The molecular weight excluding hydrogens is 430 g/mol. The summed E-state index contributed by atoms with van der Waals surface area (Å²) in [6.07, 6.45) is 0. The van der Waals surface area contributed by atoms with Crippen molar-refractivity contribution in [3.63, 3.8) is 0 Å². The van der Waals surface area contributed by atoms with Gasteiger partial charge in [-0.2, -0.15) is 0 Å². The van der Waals surface area contributed by atoms with Crippen LogP contribution in [0.25, 0.3) is 0 Å². The normalized spacial score (nSPS) is 17.0. The molecule has 0 aliphatic carbocycles. The standard InChI is InChI=1S/C27H27N3O4/c1-18-17-29(13-14-30(18)27(31)19-7-6-8-20(15-19)32-2)26-22-16-21(33-3)11-12-24(22)34-25-10-5-4-9-23(25)28-26/h4-12,15-16,18H,13-14,17H2,1-3H3. The number of hydrogen-bond acceptors (Lipinski definition) is 6. The lowest BCUT2D eigenvalue weighted by molar-refractivity contribution is 0.0581. The fraction of sp³-hybridized carbons (Fsp3) is 0.259. The molecule has 5 rings (SSSR count). The van der Waals surface area contributed by atoms with Crippen molar-refractivity contribution in [1.82, 2.24) is 9.80 Å². The molecule has 0 N–H and O–H groups in total. The highest BCUT2D eigenvalue weighted by molar-refractivity contribution is 6.04. The van der Waals surface area contributed by atoms with Crippen molar-refractivity contribution in [1.29, 1.82) is 0 Å². The minimum absolute atomic E-state index is 0.00426. The van der Waals surface area contributed by atoms with E-state index in [0.717, 1.165) is 28.6 Å². The van der Waals surface area contributed by atoms with Gasteiger partial charge in [0.1, 0.15) is 28.8 Å². The van der Waals surface area contributed by atoms with E-state index in [4.69, 9.17) is 19.2 Å². The molecule has 1 fully saturated rings. The summed E-state index contributed by atoms with van der Waals surface area (Å²) >= 11 is 0. The number of rotatable bonds is 3. The third-order valence-corrected chi connectivity index (χ3v) is 6.24. The number of aliphatic imine (C=N–C) groups is 1. The van der Waals surface area contributed by atoms with Gasteiger partial charge < -0.3 is 24.0 Å². The van der Waals surface area contributed by atoms with E-state index in [9.17, 15) is 4.79 Å². The molecule has 3 aromatic carbocycles. The summed E-state index contributed by atoms with van der Waals surface area (Å²) in [5, 5.41) is 0. The van der Waals surface area contributed by atoms with E-state index in [0.29, 0.717) is 36.7 Å². The zero-order valence-electron chi connectivity index (χ0n) is 19.5. The van der Waals surface area contributed by atoms with Crippen LogP contribution in [0.4, 0.5) is 5.69 Å². The molecule has 0 spiro atoms. The number of hydrogen-bond donors (Lipinski definition) is 0. The molecule has 174 valence electrons. The minimum atomic E-state index is -0.0105. The van der Waals surface area contributed by atoms with Crippen molar-refractivity contribution in [3.8, 4) is 23.0 Å². The second-order valence-electron chi connectivity index (χ2n) is 8.39. The SMILES string of the molecule is COc1cccc(C(=O)N2CCN(C3=Nc4ccccc4Oc4ccc(OC)cc43)CC2C)c1. The number of amides is 1. The molecule has 1 unspecified atom stereocenters. The second kappa shape index (κ2) is 9.09. The van der Waals surface area contributed by atoms with Crippen LogP contribution in [0.5, 0.6) is 23.0 Å². The molecule has 2 aliphatic heterocycles. The van der Waals surface area contributed by atoms with Gasteiger partial charge in [-0.05, 0) is 55.5 Å². The van der Waals surface area contributed by atoms with Crippen LogP contribution in [-0.4, -0.2) is 61.4 Å². The first-order chi connectivity index (χ1) is 16.6. The Morgan fingerprint density at radius 1 is 0.941 bits per heavy atom. The Morgan fingerprint density at radius 2 is 1.74 bits per heavy atom. The molecule has 1 amide bonds. The molecule has 7 nitrogen and oxygen atoms in total. The van der Waals surface area contributed by atoms with Crippen molar-refractivity contribution in [2.45, 2.75) is 13.0 Å². The van der Waals surface area contributed by atoms with Crippen molar-refractivity contribution >= 4 is 17.4 Å². The van der Waals surface area contributed by atoms with E-state index in [-0.39, 0.29) is 11.9 Å². The van der Waals surface area contributed by atoms with Crippen LogP contribution >= 0.6 is 0 Å². The molecule has 0 saturated carbocycles. The Labute approximate surface area is 199 Å². The van der Waals surface area contributed by atoms with Gasteiger partial charge in [-0.25, -0.2) is 4.99 Å². The molecule has 34 heavy (non-hydrogen) atoms. The van der Waals surface area contributed by atoms with E-state index < -0.39 is 0 Å². The first-order valence-electron chi connectivity index (χ1n) is 11.3. The smallest absolute Gasteiger partial charge is 0.254 e. The zero-order chi connectivity index (χ0) is 23.7. The van der Waals surface area contributed by atoms with Crippen LogP contribution in [0.2, 0.25) is 0 Å². The number of nitrogens with zero attached hydrogens (tertiary/aromatic N) is 3. The maximum atomic E-state index is 13.2. The zero-order valence-corrected chi connectivity index (χ0v) is 19.5. The maximum Gasteiger partial charge on any atom is 0.254 e. The van der Waals surface area contributed by atoms with Crippen molar-refractivity contribution in [3.05, 3.63) is 77.9 Å². The van der Waals surface area contributed by atoms with E-state index in [2.05, 4.69) is 11.8 Å². The third kappa shape index (κ3) is 4.05. The lowest BCUT2D eigenvalue weighted by Gasteiger charge is -2.41. The number of carbonyl (C=O) groups is 1. The Hall–Kier alpha value is -4.00. The molecule has 1 atom stereocenters. The number of para-hydroxylation sites is 2. The van der Waals surface area contributed by atoms with Gasteiger partial charge in [-0.15, -0.1) is 0 Å². The van der Waals surface area contributed by atoms with Gasteiger partial charge in [0.05, 0.1) is 19.8 Å². The number of fused-ring (bicyclic) bond motifs is 2. The monoisotopic (exact) mass is 457 g/mol. The summed E-state index contributed by atoms with van der Waals surface area (Å²) in [7, 11) is 3.25. The average molecular weight is 458 g/mol. The molecule has 2 heterocycles. The van der Waals surface area contributed by atoms with Crippen molar-refractivity contribution in [2.75, 3.05) is 33.9 Å². The van der Waals surface area contributed by atoms with E-state index >= 15 is 0 Å². The highest BCUT2D eigenvalue weighted by Crippen LogP contribution is 2.39. The van der Waals surface area contributed by atoms with Crippen LogP contribution in [0.3, 0.4) is 0 Å². The first-order valence-corrected chi connectivity index (χ1v) is 11.3. The van der Waals surface area contributed by atoms with Crippen LogP contribution in [0.15, 0.2) is 71.7 Å². The highest BCUT2D eigenvalue weighted by Gasteiger charge is 2.32. The topological polar surface area (TPSA) is 63.6 Å². The number of methoxy groups -OCH3 is 2. The van der Waals surface area contributed by atoms with Crippen LogP contribution in [0.1, 0.15) is 22.8 Å². The van der Waals surface area contributed by atoms with E-state index in [1.807, 2.05) is 65.6 Å². The van der Waals surface area contributed by atoms with Gasteiger partial charge in [-0.3, -0.25) is 4.79 Å². The fourth-order valence-corrected chi connectivity index (χ4v) is 4.44. The Balaban J connectivity index is 1.45. The largest absolute Gasteiger partial charge is 0.497 e. The van der Waals surface area contributed by atoms with E-state index in [1.54, 1.807) is 20.3 Å². The molecule has 3 aromatic rings. The molecule has 0 bridgehead atoms. The highest BCUT2D eigenvalue weighted by atomic mass is 16.5. The Bertz CT molecular complexity index is 1260. The predicted octanol–water partition coefficient (Wildman–Crippen LogP) is 4.73. The molecule has 0 aromatic heterocycles. The Morgan fingerprint density at radius 3 is 2.53 bits per heavy atom. The summed E-state index contributed by atoms with van der Waals surface area (Å²) in [5.74, 6) is 3.68. The number of amidine groups is 1. The van der Waals surface area contributed by atoms with Gasteiger partial charge >= 0.3 is 0 Å². The molecule has 7 heteroatoms. The van der Waals surface area contributed by atoms with Gasteiger partial charge in [0.25, 0.3) is 5.91 Å². The van der Waals surface area contributed by atoms with Gasteiger partial charge in [0.2, 0.25) is 0 Å². The molecule has 1 saturated heterocycles.